The molecule has 2 amide bonds. The molecule has 2 aromatic carbocycles. The SMILES string of the molecule is CC1CCN(c2ccc(-c3ccc(NC(=O)Nc4ccc(F)cc4)cc3)nn2)CC1. The highest BCUT2D eigenvalue weighted by Gasteiger charge is 2.17. The van der Waals surface area contributed by atoms with Crippen molar-refractivity contribution in [2.45, 2.75) is 19.8 Å². The van der Waals surface area contributed by atoms with Gasteiger partial charge >= 0.3 is 6.03 Å². The van der Waals surface area contributed by atoms with E-state index >= 15 is 0 Å². The summed E-state index contributed by atoms with van der Waals surface area (Å²) in [6.45, 7) is 4.34. The number of rotatable bonds is 4. The van der Waals surface area contributed by atoms with Crippen LogP contribution in [0.2, 0.25) is 0 Å². The molecule has 7 heteroatoms. The van der Waals surface area contributed by atoms with Crippen molar-refractivity contribution >= 4 is 23.2 Å². The molecule has 1 aliphatic rings. The summed E-state index contributed by atoms with van der Waals surface area (Å²) in [6, 6.07) is 16.6. The number of amides is 2. The van der Waals surface area contributed by atoms with E-state index in [1.807, 2.05) is 24.3 Å². The highest BCUT2D eigenvalue weighted by Crippen LogP contribution is 2.24. The van der Waals surface area contributed by atoms with Crippen LogP contribution in [0.15, 0.2) is 60.7 Å². The Morgan fingerprint density at radius 2 is 1.50 bits per heavy atom. The number of nitrogens with zero attached hydrogens (tertiary/aromatic N) is 3. The summed E-state index contributed by atoms with van der Waals surface area (Å²) in [7, 11) is 0. The van der Waals surface area contributed by atoms with E-state index < -0.39 is 6.03 Å². The van der Waals surface area contributed by atoms with Crippen LogP contribution < -0.4 is 15.5 Å². The fourth-order valence-electron chi connectivity index (χ4n) is 3.44. The minimum atomic E-state index is -0.394. The molecule has 4 rings (SSSR count). The molecule has 1 saturated heterocycles. The second-order valence-electron chi connectivity index (χ2n) is 7.61. The van der Waals surface area contributed by atoms with Gasteiger partial charge in [-0.25, -0.2) is 9.18 Å². The second kappa shape index (κ2) is 8.90. The van der Waals surface area contributed by atoms with E-state index in [0.717, 1.165) is 36.1 Å². The summed E-state index contributed by atoms with van der Waals surface area (Å²) in [5, 5.41) is 14.2. The molecule has 3 aromatic rings. The van der Waals surface area contributed by atoms with E-state index in [1.165, 1.54) is 37.1 Å². The van der Waals surface area contributed by atoms with Gasteiger partial charge in [0, 0.05) is 30.0 Å². The number of carbonyl (C=O) groups excluding carboxylic acids is 1. The molecule has 0 atom stereocenters. The van der Waals surface area contributed by atoms with Crippen LogP contribution in [0.3, 0.4) is 0 Å². The molecule has 2 N–H and O–H groups in total. The first-order chi connectivity index (χ1) is 14.6. The molecule has 1 aliphatic heterocycles. The number of nitrogens with one attached hydrogen (secondary N) is 2. The number of halogens is 1. The number of carbonyl (C=O) groups is 1. The van der Waals surface area contributed by atoms with Crippen molar-refractivity contribution in [2.75, 3.05) is 28.6 Å². The minimum absolute atomic E-state index is 0.349. The van der Waals surface area contributed by atoms with Crippen LogP contribution in [0.4, 0.5) is 26.4 Å². The highest BCUT2D eigenvalue weighted by atomic mass is 19.1. The minimum Gasteiger partial charge on any atom is -0.355 e. The van der Waals surface area contributed by atoms with Crippen molar-refractivity contribution in [3.63, 3.8) is 0 Å². The molecule has 6 nitrogen and oxygen atoms in total. The van der Waals surface area contributed by atoms with Gasteiger partial charge in [-0.1, -0.05) is 19.1 Å². The van der Waals surface area contributed by atoms with Crippen LogP contribution in [-0.4, -0.2) is 29.3 Å². The Balaban J connectivity index is 1.36. The Morgan fingerprint density at radius 3 is 2.07 bits per heavy atom. The van der Waals surface area contributed by atoms with Crippen LogP contribution in [0.5, 0.6) is 0 Å². The number of hydrogen-bond acceptors (Lipinski definition) is 4. The number of urea groups is 1. The molecule has 0 unspecified atom stereocenters. The van der Waals surface area contributed by atoms with Gasteiger partial charge in [-0.05, 0) is 67.3 Å². The quantitative estimate of drug-likeness (QED) is 0.629. The molecule has 0 saturated carbocycles. The maximum atomic E-state index is 12.9. The third-order valence-corrected chi connectivity index (χ3v) is 5.30. The van der Waals surface area contributed by atoms with Gasteiger partial charge in [0.05, 0.1) is 5.69 Å². The molecule has 0 radical (unpaired) electrons. The lowest BCUT2D eigenvalue weighted by Gasteiger charge is -2.30. The third kappa shape index (κ3) is 4.92. The van der Waals surface area contributed by atoms with Crippen LogP contribution in [0, 0.1) is 11.7 Å². The van der Waals surface area contributed by atoms with Gasteiger partial charge in [0.15, 0.2) is 5.82 Å². The monoisotopic (exact) mass is 405 g/mol. The predicted molar refractivity (Wildman–Crippen MR) is 117 cm³/mol. The maximum absolute atomic E-state index is 12.9. The smallest absolute Gasteiger partial charge is 0.323 e. The van der Waals surface area contributed by atoms with Gasteiger partial charge in [0.25, 0.3) is 0 Å². The van der Waals surface area contributed by atoms with Crippen molar-refractivity contribution in [3.8, 4) is 11.3 Å². The van der Waals surface area contributed by atoms with Crippen molar-refractivity contribution in [2.24, 2.45) is 5.92 Å². The lowest BCUT2D eigenvalue weighted by atomic mass is 9.99. The van der Waals surface area contributed by atoms with Crippen molar-refractivity contribution in [1.29, 1.82) is 0 Å². The Bertz CT molecular complexity index is 982. The Morgan fingerprint density at radius 1 is 0.900 bits per heavy atom. The summed E-state index contributed by atoms with van der Waals surface area (Å²) in [5.41, 5.74) is 2.87. The molecule has 2 heterocycles. The highest BCUT2D eigenvalue weighted by molar-refractivity contribution is 5.99. The Hall–Kier alpha value is -3.48. The largest absolute Gasteiger partial charge is 0.355 e. The first-order valence-corrected chi connectivity index (χ1v) is 10.1. The molecule has 1 fully saturated rings. The third-order valence-electron chi connectivity index (χ3n) is 5.30. The zero-order chi connectivity index (χ0) is 20.9. The first-order valence-electron chi connectivity index (χ1n) is 10.1. The molecule has 154 valence electrons. The Labute approximate surface area is 175 Å². The first kappa shape index (κ1) is 19.8. The fourth-order valence-corrected chi connectivity index (χ4v) is 3.44. The summed E-state index contributed by atoms with van der Waals surface area (Å²) < 4.78 is 12.9. The number of hydrogen-bond donors (Lipinski definition) is 2. The summed E-state index contributed by atoms with van der Waals surface area (Å²) >= 11 is 0. The molecule has 30 heavy (non-hydrogen) atoms. The fraction of sp³-hybridized carbons (Fsp3) is 0.261. The summed E-state index contributed by atoms with van der Waals surface area (Å²) in [4.78, 5) is 14.4. The van der Waals surface area contributed by atoms with E-state index in [-0.39, 0.29) is 5.82 Å². The van der Waals surface area contributed by atoms with E-state index in [1.54, 1.807) is 12.1 Å². The molecule has 0 bridgehead atoms. The van der Waals surface area contributed by atoms with Crippen LogP contribution >= 0.6 is 0 Å². The lowest BCUT2D eigenvalue weighted by molar-refractivity contribution is 0.262. The topological polar surface area (TPSA) is 70.2 Å². The number of benzene rings is 2. The molecule has 0 aliphatic carbocycles. The van der Waals surface area contributed by atoms with E-state index in [2.05, 4.69) is 32.7 Å². The normalized spacial score (nSPS) is 14.4. The average molecular weight is 405 g/mol. The Kier molecular flexibility index (Phi) is 5.88. The van der Waals surface area contributed by atoms with Gasteiger partial charge in [0.2, 0.25) is 0 Å². The second-order valence-corrected chi connectivity index (χ2v) is 7.61. The molecular weight excluding hydrogens is 381 g/mol. The van der Waals surface area contributed by atoms with Gasteiger partial charge < -0.3 is 15.5 Å². The summed E-state index contributed by atoms with van der Waals surface area (Å²) in [6.07, 6.45) is 2.37. The van der Waals surface area contributed by atoms with E-state index in [9.17, 15) is 9.18 Å². The van der Waals surface area contributed by atoms with Crippen molar-refractivity contribution < 1.29 is 9.18 Å². The molecule has 0 spiro atoms. The number of anilines is 3. The van der Waals surface area contributed by atoms with Gasteiger partial charge in [-0.3, -0.25) is 0 Å². The van der Waals surface area contributed by atoms with E-state index in [4.69, 9.17) is 0 Å². The number of aromatic nitrogens is 2. The lowest BCUT2D eigenvalue weighted by Crippen LogP contribution is -2.33. The summed E-state index contributed by atoms with van der Waals surface area (Å²) in [5.74, 6) is 1.35. The van der Waals surface area contributed by atoms with Gasteiger partial charge in [0.1, 0.15) is 5.82 Å². The standard InChI is InChI=1S/C23H24FN5O/c1-16-12-14-29(15-13-16)22-11-10-21(27-28-22)17-2-6-19(7-3-17)25-23(30)26-20-8-4-18(24)5-9-20/h2-11,16H,12-15H2,1H3,(H2,25,26,30). The van der Waals surface area contributed by atoms with Gasteiger partial charge in [-0.2, -0.15) is 0 Å². The van der Waals surface area contributed by atoms with Gasteiger partial charge in [-0.15, -0.1) is 10.2 Å². The predicted octanol–water partition coefficient (Wildman–Crippen LogP) is 5.16. The molecular formula is C23H24FN5O. The zero-order valence-corrected chi connectivity index (χ0v) is 16.8. The maximum Gasteiger partial charge on any atom is 0.323 e. The van der Waals surface area contributed by atoms with Crippen molar-refractivity contribution in [1.82, 2.24) is 10.2 Å². The van der Waals surface area contributed by atoms with Crippen molar-refractivity contribution in [3.05, 3.63) is 66.5 Å². The molecule has 1 aromatic heterocycles. The number of piperidine rings is 1. The van der Waals surface area contributed by atoms with Crippen LogP contribution in [-0.2, 0) is 0 Å². The average Bonchev–Trinajstić information content (AvgIpc) is 2.77. The van der Waals surface area contributed by atoms with E-state index in [0.29, 0.717) is 11.4 Å². The van der Waals surface area contributed by atoms with Crippen LogP contribution in [0.25, 0.3) is 11.3 Å². The van der Waals surface area contributed by atoms with Crippen LogP contribution in [0.1, 0.15) is 19.8 Å². The zero-order valence-electron chi connectivity index (χ0n) is 16.8.